The van der Waals surface area contributed by atoms with Gasteiger partial charge in [0.15, 0.2) is 0 Å². The lowest BCUT2D eigenvalue weighted by Gasteiger charge is -2.19. The number of benzene rings is 2. The van der Waals surface area contributed by atoms with Crippen molar-refractivity contribution in [2.75, 3.05) is 11.4 Å². The Morgan fingerprint density at radius 1 is 1.07 bits per heavy atom. The van der Waals surface area contributed by atoms with Crippen LogP contribution in [0.5, 0.6) is 0 Å². The van der Waals surface area contributed by atoms with Gasteiger partial charge >= 0.3 is 0 Å². The highest BCUT2D eigenvalue weighted by Gasteiger charge is 2.35. The number of anilines is 1. The number of hydrogen-bond acceptors (Lipinski definition) is 4. The highest BCUT2D eigenvalue weighted by atomic mass is 16.5. The van der Waals surface area contributed by atoms with Crippen molar-refractivity contribution in [3.63, 3.8) is 0 Å². The Balaban J connectivity index is 1.54. The minimum Gasteiger partial charge on any atom is -0.339 e. The molecule has 0 N–H and O–H groups in total. The van der Waals surface area contributed by atoms with Gasteiger partial charge in [0.25, 0.3) is 0 Å². The Kier molecular flexibility index (Phi) is 4.77. The van der Waals surface area contributed by atoms with E-state index in [9.17, 15) is 4.79 Å². The van der Waals surface area contributed by atoms with Crippen molar-refractivity contribution in [3.05, 3.63) is 65.0 Å². The first-order chi connectivity index (χ1) is 13.7. The molecule has 5 heteroatoms. The van der Waals surface area contributed by atoms with E-state index in [1.165, 1.54) is 11.1 Å². The normalized spacial score (nSPS) is 17.2. The lowest BCUT2D eigenvalue weighted by atomic mass is 9.87. The summed E-state index contributed by atoms with van der Waals surface area (Å²) in [5, 5.41) is 4.16. The fourth-order valence-electron chi connectivity index (χ4n) is 3.77. The van der Waals surface area contributed by atoms with Gasteiger partial charge in [-0.3, -0.25) is 4.79 Å². The van der Waals surface area contributed by atoms with Crippen molar-refractivity contribution in [1.82, 2.24) is 10.1 Å². The summed E-state index contributed by atoms with van der Waals surface area (Å²) in [5.41, 5.74) is 5.56. The van der Waals surface area contributed by atoms with Gasteiger partial charge < -0.3 is 9.42 Å². The summed E-state index contributed by atoms with van der Waals surface area (Å²) in [6, 6.07) is 14.3. The van der Waals surface area contributed by atoms with E-state index in [2.05, 4.69) is 63.0 Å². The number of carbonyl (C=O) groups excluding carboxylic acids is 1. The van der Waals surface area contributed by atoms with E-state index in [-0.39, 0.29) is 17.2 Å². The Bertz CT molecular complexity index is 1040. The van der Waals surface area contributed by atoms with Gasteiger partial charge in [0, 0.05) is 24.2 Å². The van der Waals surface area contributed by atoms with Crippen molar-refractivity contribution in [3.8, 4) is 11.4 Å². The van der Waals surface area contributed by atoms with Gasteiger partial charge in [-0.2, -0.15) is 4.98 Å². The number of carbonyl (C=O) groups is 1. The van der Waals surface area contributed by atoms with Crippen molar-refractivity contribution < 1.29 is 9.32 Å². The minimum atomic E-state index is -0.0856. The second-order valence-electron chi connectivity index (χ2n) is 8.91. The summed E-state index contributed by atoms with van der Waals surface area (Å²) < 4.78 is 5.55. The predicted octanol–water partition coefficient (Wildman–Crippen LogP) is 5.17. The molecule has 0 saturated carbocycles. The lowest BCUT2D eigenvalue weighted by molar-refractivity contribution is -0.117. The molecule has 29 heavy (non-hydrogen) atoms. The molecule has 3 aromatic rings. The van der Waals surface area contributed by atoms with Crippen LogP contribution >= 0.6 is 0 Å². The predicted molar refractivity (Wildman–Crippen MR) is 114 cm³/mol. The number of rotatable bonds is 3. The minimum absolute atomic E-state index is 0.0856. The van der Waals surface area contributed by atoms with Crippen LogP contribution in [0.3, 0.4) is 0 Å². The molecule has 1 atom stereocenters. The molecule has 0 bridgehead atoms. The topological polar surface area (TPSA) is 59.2 Å². The molecule has 2 aromatic carbocycles. The molecule has 150 valence electrons. The molecule has 0 aliphatic carbocycles. The van der Waals surface area contributed by atoms with Gasteiger partial charge in [-0.05, 0) is 42.0 Å². The molecule has 5 nitrogen and oxygen atoms in total. The molecule has 1 saturated heterocycles. The van der Waals surface area contributed by atoms with Gasteiger partial charge in [0.1, 0.15) is 0 Å². The van der Waals surface area contributed by atoms with Gasteiger partial charge in [0.2, 0.25) is 17.6 Å². The third-order valence-corrected chi connectivity index (χ3v) is 5.79. The monoisotopic (exact) mass is 389 g/mol. The second kappa shape index (κ2) is 7.14. The number of aryl methyl sites for hydroxylation is 1. The molecule has 0 radical (unpaired) electrons. The van der Waals surface area contributed by atoms with Crippen molar-refractivity contribution >= 4 is 11.6 Å². The molecule has 1 unspecified atom stereocenters. The maximum atomic E-state index is 12.7. The summed E-state index contributed by atoms with van der Waals surface area (Å²) in [4.78, 5) is 19.1. The first-order valence-electron chi connectivity index (χ1n) is 10.0. The van der Waals surface area contributed by atoms with E-state index in [1.807, 2.05) is 29.2 Å². The molecular formula is C24H27N3O2. The molecule has 2 heterocycles. The average Bonchev–Trinajstić information content (AvgIpc) is 3.30. The third-order valence-electron chi connectivity index (χ3n) is 5.79. The van der Waals surface area contributed by atoms with Crippen LogP contribution in [0.15, 0.2) is 47.0 Å². The van der Waals surface area contributed by atoms with Crippen LogP contribution in [0.1, 0.15) is 55.7 Å². The van der Waals surface area contributed by atoms with E-state index >= 15 is 0 Å². The Hall–Kier alpha value is -2.95. The molecule has 4 rings (SSSR count). The van der Waals surface area contributed by atoms with Gasteiger partial charge in [0.05, 0.1) is 5.92 Å². The Morgan fingerprint density at radius 3 is 2.48 bits per heavy atom. The van der Waals surface area contributed by atoms with Gasteiger partial charge in [-0.25, -0.2) is 0 Å². The first kappa shape index (κ1) is 19.4. The van der Waals surface area contributed by atoms with Crippen molar-refractivity contribution in [1.29, 1.82) is 0 Å². The van der Waals surface area contributed by atoms with E-state index in [1.54, 1.807) is 0 Å². The number of amides is 1. The quantitative estimate of drug-likeness (QED) is 0.620. The smallest absolute Gasteiger partial charge is 0.232 e. The standard InChI is InChI=1S/C24H27N3O2/c1-15-7-6-8-20(16(15)2)27-14-18(13-21(27)28)23-25-22(26-29-23)17-9-11-19(12-10-17)24(3,4)5/h6-12,18H,13-14H2,1-5H3. The highest BCUT2D eigenvalue weighted by molar-refractivity contribution is 5.97. The van der Waals surface area contributed by atoms with Gasteiger partial charge in [-0.1, -0.05) is 62.3 Å². The zero-order valence-corrected chi connectivity index (χ0v) is 17.7. The van der Waals surface area contributed by atoms with E-state index in [0.717, 1.165) is 16.8 Å². The second-order valence-corrected chi connectivity index (χ2v) is 8.91. The van der Waals surface area contributed by atoms with Crippen LogP contribution < -0.4 is 4.90 Å². The summed E-state index contributed by atoms with van der Waals surface area (Å²) in [7, 11) is 0. The number of aromatic nitrogens is 2. The van der Waals surface area contributed by atoms with Crippen molar-refractivity contribution in [2.24, 2.45) is 0 Å². The van der Waals surface area contributed by atoms with E-state index in [0.29, 0.717) is 24.7 Å². The highest BCUT2D eigenvalue weighted by Crippen LogP contribution is 2.34. The molecule has 1 aromatic heterocycles. The molecule has 0 spiro atoms. The fraction of sp³-hybridized carbons (Fsp3) is 0.375. The van der Waals surface area contributed by atoms with Crippen LogP contribution in [0.4, 0.5) is 5.69 Å². The molecule has 1 amide bonds. The molecule has 1 aliphatic rings. The third kappa shape index (κ3) is 3.69. The maximum absolute atomic E-state index is 12.7. The molecular weight excluding hydrogens is 362 g/mol. The zero-order chi connectivity index (χ0) is 20.8. The summed E-state index contributed by atoms with van der Waals surface area (Å²) in [6.07, 6.45) is 0.387. The largest absolute Gasteiger partial charge is 0.339 e. The number of hydrogen-bond donors (Lipinski definition) is 0. The van der Waals surface area contributed by atoms with E-state index in [4.69, 9.17) is 4.52 Å². The van der Waals surface area contributed by atoms with Gasteiger partial charge in [-0.15, -0.1) is 0 Å². The van der Waals surface area contributed by atoms with Crippen LogP contribution in [-0.2, 0) is 10.2 Å². The molecule has 1 aliphatic heterocycles. The fourth-order valence-corrected chi connectivity index (χ4v) is 3.77. The Morgan fingerprint density at radius 2 is 1.79 bits per heavy atom. The van der Waals surface area contributed by atoms with Crippen LogP contribution in [0.2, 0.25) is 0 Å². The lowest BCUT2D eigenvalue weighted by Crippen LogP contribution is -2.25. The SMILES string of the molecule is Cc1cccc(N2CC(c3nc(-c4ccc(C(C)(C)C)cc4)no3)CC2=O)c1C. The zero-order valence-electron chi connectivity index (χ0n) is 17.7. The molecule has 1 fully saturated rings. The summed E-state index contributed by atoms with van der Waals surface area (Å²) in [5.74, 6) is 1.11. The van der Waals surface area contributed by atoms with Crippen LogP contribution in [0.25, 0.3) is 11.4 Å². The summed E-state index contributed by atoms with van der Waals surface area (Å²) in [6.45, 7) is 11.2. The van der Waals surface area contributed by atoms with Crippen LogP contribution in [-0.4, -0.2) is 22.6 Å². The maximum Gasteiger partial charge on any atom is 0.232 e. The van der Waals surface area contributed by atoms with Crippen LogP contribution in [0, 0.1) is 13.8 Å². The number of nitrogens with zero attached hydrogens (tertiary/aromatic N) is 3. The van der Waals surface area contributed by atoms with Crippen molar-refractivity contribution in [2.45, 2.75) is 52.4 Å². The summed E-state index contributed by atoms with van der Waals surface area (Å²) >= 11 is 0. The Labute approximate surface area is 171 Å². The average molecular weight is 389 g/mol. The first-order valence-corrected chi connectivity index (χ1v) is 10.0. The van der Waals surface area contributed by atoms with E-state index < -0.39 is 0 Å².